The molecule has 0 saturated heterocycles. The van der Waals surface area contributed by atoms with Crippen molar-refractivity contribution in [1.29, 1.82) is 0 Å². The van der Waals surface area contributed by atoms with Crippen LogP contribution in [-0.4, -0.2) is 24.4 Å². The Balaban J connectivity index is 2.11. The summed E-state index contributed by atoms with van der Waals surface area (Å²) in [7, 11) is 1.93. The molecule has 0 atom stereocenters. The van der Waals surface area contributed by atoms with Gasteiger partial charge in [0.15, 0.2) is 0 Å². The van der Waals surface area contributed by atoms with Crippen LogP contribution in [0.1, 0.15) is 43.2 Å². The molecule has 112 valence electrons. The van der Waals surface area contributed by atoms with E-state index in [0.717, 1.165) is 53.6 Å². The van der Waals surface area contributed by atoms with Gasteiger partial charge in [-0.2, -0.15) is 0 Å². The van der Waals surface area contributed by atoms with Gasteiger partial charge in [0.1, 0.15) is 12.4 Å². The van der Waals surface area contributed by atoms with Crippen molar-refractivity contribution < 1.29 is 9.84 Å². The van der Waals surface area contributed by atoms with E-state index in [4.69, 9.17) is 4.74 Å². The Morgan fingerprint density at radius 2 is 2.00 bits per heavy atom. The summed E-state index contributed by atoms with van der Waals surface area (Å²) in [5.41, 5.74) is 1.58. The van der Waals surface area contributed by atoms with Crippen LogP contribution in [0.4, 0.5) is 0 Å². The lowest BCUT2D eigenvalue weighted by molar-refractivity contribution is -0.0342. The number of halogens is 1. The summed E-state index contributed by atoms with van der Waals surface area (Å²) in [4.78, 5) is 0. The first-order chi connectivity index (χ1) is 9.54. The van der Waals surface area contributed by atoms with Crippen LogP contribution >= 0.6 is 15.9 Å². The zero-order valence-electron chi connectivity index (χ0n) is 12.3. The van der Waals surface area contributed by atoms with Crippen molar-refractivity contribution >= 4 is 15.9 Å². The summed E-state index contributed by atoms with van der Waals surface area (Å²) in [5, 5.41) is 13.7. The van der Waals surface area contributed by atoms with Gasteiger partial charge in [-0.1, -0.05) is 35.2 Å². The molecule has 1 saturated carbocycles. The second-order valence-corrected chi connectivity index (χ2v) is 6.73. The smallest absolute Gasteiger partial charge is 0.126 e. The molecule has 0 spiro atoms. The van der Waals surface area contributed by atoms with Gasteiger partial charge in [0.2, 0.25) is 0 Å². The predicted octanol–water partition coefficient (Wildman–Crippen LogP) is 3.55. The van der Waals surface area contributed by atoms with Crippen molar-refractivity contribution in [3.8, 4) is 5.75 Å². The van der Waals surface area contributed by atoms with E-state index < -0.39 is 5.60 Å². The van der Waals surface area contributed by atoms with Crippen LogP contribution in [0.3, 0.4) is 0 Å². The van der Waals surface area contributed by atoms with Crippen molar-refractivity contribution in [3.05, 3.63) is 27.7 Å². The minimum Gasteiger partial charge on any atom is -0.490 e. The van der Waals surface area contributed by atoms with E-state index in [1.165, 1.54) is 6.42 Å². The van der Waals surface area contributed by atoms with E-state index in [0.29, 0.717) is 6.61 Å². The summed E-state index contributed by atoms with van der Waals surface area (Å²) in [6, 6.07) is 4.13. The Hall–Kier alpha value is -0.580. The van der Waals surface area contributed by atoms with Gasteiger partial charge in [-0.3, -0.25) is 0 Å². The first kappa shape index (κ1) is 15.8. The van der Waals surface area contributed by atoms with Gasteiger partial charge in [-0.15, -0.1) is 0 Å². The lowest BCUT2D eigenvalue weighted by Crippen LogP contribution is -2.38. The molecule has 0 aromatic heterocycles. The largest absolute Gasteiger partial charge is 0.490 e. The van der Waals surface area contributed by atoms with Crippen molar-refractivity contribution in [3.63, 3.8) is 0 Å². The van der Waals surface area contributed by atoms with Gasteiger partial charge in [-0.05, 0) is 44.5 Å². The highest BCUT2D eigenvalue weighted by atomic mass is 79.9. The van der Waals surface area contributed by atoms with E-state index in [1.54, 1.807) is 0 Å². The Kier molecular flexibility index (Phi) is 5.47. The molecule has 3 nitrogen and oxygen atoms in total. The van der Waals surface area contributed by atoms with Crippen LogP contribution in [0.15, 0.2) is 16.6 Å². The molecule has 20 heavy (non-hydrogen) atoms. The molecule has 4 heteroatoms. The lowest BCUT2D eigenvalue weighted by atomic mass is 9.85. The third kappa shape index (κ3) is 3.96. The number of ether oxygens (including phenoxy) is 1. The fraction of sp³-hybridized carbons (Fsp3) is 0.625. The highest BCUT2D eigenvalue weighted by molar-refractivity contribution is 9.10. The quantitative estimate of drug-likeness (QED) is 0.860. The molecule has 2 rings (SSSR count). The molecule has 0 amide bonds. The van der Waals surface area contributed by atoms with E-state index in [1.807, 2.05) is 14.0 Å². The Bertz CT molecular complexity index is 456. The standard InChI is InChI=1S/C16H24BrNO2/c1-12-8-14(17)9-13(10-18-2)15(12)20-11-16(19)6-4-3-5-7-16/h8-9,18-19H,3-7,10-11H2,1-2H3. The van der Waals surface area contributed by atoms with E-state index in [9.17, 15) is 5.11 Å². The van der Waals surface area contributed by atoms with Gasteiger partial charge in [0.25, 0.3) is 0 Å². The summed E-state index contributed by atoms with van der Waals surface area (Å²) in [6.07, 6.45) is 5.13. The number of nitrogens with one attached hydrogen (secondary N) is 1. The monoisotopic (exact) mass is 341 g/mol. The van der Waals surface area contributed by atoms with Crippen LogP contribution in [0.25, 0.3) is 0 Å². The average Bonchev–Trinajstić information content (AvgIpc) is 2.38. The third-order valence-electron chi connectivity index (χ3n) is 3.95. The zero-order valence-corrected chi connectivity index (χ0v) is 13.9. The maximum atomic E-state index is 10.5. The predicted molar refractivity (Wildman–Crippen MR) is 85.2 cm³/mol. The number of aryl methyl sites for hydroxylation is 1. The normalized spacial score (nSPS) is 18.0. The van der Waals surface area contributed by atoms with Crippen LogP contribution in [0, 0.1) is 6.92 Å². The van der Waals surface area contributed by atoms with Gasteiger partial charge in [0, 0.05) is 16.6 Å². The molecule has 1 fully saturated rings. The zero-order chi connectivity index (χ0) is 14.6. The fourth-order valence-corrected chi connectivity index (χ4v) is 3.51. The second-order valence-electron chi connectivity index (χ2n) is 5.81. The number of benzene rings is 1. The minimum absolute atomic E-state index is 0.395. The molecule has 1 aromatic carbocycles. The minimum atomic E-state index is -0.644. The summed E-state index contributed by atoms with van der Waals surface area (Å²) >= 11 is 3.52. The third-order valence-corrected chi connectivity index (χ3v) is 4.41. The molecular formula is C16H24BrNO2. The molecule has 0 radical (unpaired) electrons. The lowest BCUT2D eigenvalue weighted by Gasteiger charge is -2.32. The van der Waals surface area contributed by atoms with Gasteiger partial charge in [-0.25, -0.2) is 0 Å². The number of rotatable bonds is 5. The van der Waals surface area contributed by atoms with Gasteiger partial charge >= 0.3 is 0 Å². The van der Waals surface area contributed by atoms with Gasteiger partial charge in [0.05, 0.1) is 5.60 Å². The number of hydrogen-bond acceptors (Lipinski definition) is 3. The number of hydrogen-bond donors (Lipinski definition) is 2. The molecule has 0 bridgehead atoms. The molecule has 0 heterocycles. The second kappa shape index (κ2) is 6.92. The molecular weight excluding hydrogens is 318 g/mol. The maximum absolute atomic E-state index is 10.5. The van der Waals surface area contributed by atoms with Crippen LogP contribution in [0.5, 0.6) is 5.75 Å². The first-order valence-electron chi connectivity index (χ1n) is 7.33. The van der Waals surface area contributed by atoms with Gasteiger partial charge < -0.3 is 15.2 Å². The van der Waals surface area contributed by atoms with Crippen molar-refractivity contribution in [2.75, 3.05) is 13.7 Å². The van der Waals surface area contributed by atoms with E-state index in [2.05, 4.69) is 33.4 Å². The molecule has 1 aromatic rings. The highest BCUT2D eigenvalue weighted by Crippen LogP contribution is 2.32. The van der Waals surface area contributed by atoms with Crippen LogP contribution < -0.4 is 10.1 Å². The molecule has 1 aliphatic rings. The van der Waals surface area contributed by atoms with Crippen molar-refractivity contribution in [2.24, 2.45) is 0 Å². The summed E-state index contributed by atoms with van der Waals surface area (Å²) in [6.45, 7) is 3.20. The van der Waals surface area contributed by atoms with Crippen molar-refractivity contribution in [2.45, 2.75) is 51.2 Å². The topological polar surface area (TPSA) is 41.5 Å². The summed E-state index contributed by atoms with van der Waals surface area (Å²) < 4.78 is 7.07. The molecule has 1 aliphatic carbocycles. The Labute approximate surface area is 129 Å². The fourth-order valence-electron chi connectivity index (χ4n) is 2.89. The maximum Gasteiger partial charge on any atom is 0.126 e. The van der Waals surface area contributed by atoms with Crippen LogP contribution in [-0.2, 0) is 6.54 Å². The SMILES string of the molecule is CNCc1cc(Br)cc(C)c1OCC1(O)CCCCC1. The van der Waals surface area contributed by atoms with E-state index >= 15 is 0 Å². The summed E-state index contributed by atoms with van der Waals surface area (Å²) in [5.74, 6) is 0.904. The average molecular weight is 342 g/mol. The van der Waals surface area contributed by atoms with Crippen LogP contribution in [0.2, 0.25) is 0 Å². The Morgan fingerprint density at radius 3 is 2.65 bits per heavy atom. The van der Waals surface area contributed by atoms with Crippen molar-refractivity contribution in [1.82, 2.24) is 5.32 Å². The first-order valence-corrected chi connectivity index (χ1v) is 8.12. The molecule has 2 N–H and O–H groups in total. The highest BCUT2D eigenvalue weighted by Gasteiger charge is 2.30. The Morgan fingerprint density at radius 1 is 1.30 bits per heavy atom. The molecule has 0 unspecified atom stereocenters. The number of aliphatic hydroxyl groups is 1. The van der Waals surface area contributed by atoms with E-state index in [-0.39, 0.29) is 0 Å². The molecule has 0 aliphatic heterocycles.